The van der Waals surface area contributed by atoms with Crippen molar-refractivity contribution in [2.75, 3.05) is 18.8 Å². The second-order valence-electron chi connectivity index (χ2n) is 4.65. The summed E-state index contributed by atoms with van der Waals surface area (Å²) in [5.41, 5.74) is 8.72. The van der Waals surface area contributed by atoms with Crippen molar-refractivity contribution >= 4 is 11.3 Å². The second-order valence-corrected chi connectivity index (χ2v) is 4.65. The van der Waals surface area contributed by atoms with Crippen LogP contribution < -0.4 is 5.73 Å². The number of nitrogens with zero attached hydrogens (tertiary/aromatic N) is 3. The van der Waals surface area contributed by atoms with E-state index in [1.807, 2.05) is 22.7 Å². The molecule has 2 N–H and O–H groups in total. The summed E-state index contributed by atoms with van der Waals surface area (Å²) in [6.45, 7) is 4.49. The Morgan fingerprint density at radius 1 is 1.53 bits per heavy atom. The zero-order valence-electron chi connectivity index (χ0n) is 10.1. The summed E-state index contributed by atoms with van der Waals surface area (Å²) < 4.78 is 2.02. The highest BCUT2D eigenvalue weighted by Gasteiger charge is 2.26. The van der Waals surface area contributed by atoms with Crippen LogP contribution in [-0.4, -0.2) is 27.4 Å². The Labute approximate surface area is 101 Å². The maximum Gasteiger partial charge on any atom is 0.160 e. The molecule has 3 rings (SSSR count). The van der Waals surface area contributed by atoms with E-state index in [4.69, 9.17) is 5.73 Å². The van der Waals surface area contributed by atoms with Crippen LogP contribution in [0.5, 0.6) is 0 Å². The number of likely N-dealkylation sites (tertiary alicyclic amines) is 1. The number of anilines is 1. The van der Waals surface area contributed by atoms with Gasteiger partial charge in [0.15, 0.2) is 5.65 Å². The summed E-state index contributed by atoms with van der Waals surface area (Å²) in [5, 5.41) is 0. The van der Waals surface area contributed by atoms with Crippen LogP contribution in [0.1, 0.15) is 31.5 Å². The Hall–Kier alpha value is -1.55. The molecule has 0 saturated carbocycles. The third-order valence-corrected chi connectivity index (χ3v) is 3.64. The van der Waals surface area contributed by atoms with Crippen molar-refractivity contribution in [3.8, 4) is 0 Å². The molecule has 90 valence electrons. The van der Waals surface area contributed by atoms with E-state index in [9.17, 15) is 0 Å². The van der Waals surface area contributed by atoms with Gasteiger partial charge in [0.05, 0.1) is 17.4 Å². The molecule has 0 spiro atoms. The van der Waals surface area contributed by atoms with Crippen molar-refractivity contribution in [1.82, 2.24) is 14.3 Å². The summed E-state index contributed by atoms with van der Waals surface area (Å²) in [5.74, 6) is 0. The minimum absolute atomic E-state index is 0.472. The van der Waals surface area contributed by atoms with Gasteiger partial charge in [0, 0.05) is 12.4 Å². The maximum atomic E-state index is 5.94. The molecule has 0 amide bonds. The van der Waals surface area contributed by atoms with Crippen LogP contribution in [0.2, 0.25) is 0 Å². The predicted molar refractivity (Wildman–Crippen MR) is 68.8 cm³/mol. The van der Waals surface area contributed by atoms with E-state index in [2.05, 4.69) is 23.0 Å². The highest BCUT2D eigenvalue weighted by molar-refractivity contribution is 5.64. The smallest absolute Gasteiger partial charge is 0.160 e. The van der Waals surface area contributed by atoms with Crippen LogP contribution in [-0.2, 0) is 0 Å². The molecule has 2 aromatic heterocycles. The average Bonchev–Trinajstić information content (AvgIpc) is 2.94. The summed E-state index contributed by atoms with van der Waals surface area (Å²) in [6.07, 6.45) is 6.59. The van der Waals surface area contributed by atoms with Crippen molar-refractivity contribution in [2.24, 2.45) is 0 Å². The minimum Gasteiger partial charge on any atom is -0.396 e. The molecule has 0 bridgehead atoms. The standard InChI is InChI=1S/C13H18N4/c1-2-16-7-4-6-12(16)11-9-17-8-3-5-10(14)13(17)15-11/h3,5,8-9,12H,2,4,6-7,14H2,1H3. The third kappa shape index (κ3) is 1.69. The maximum absolute atomic E-state index is 5.94. The van der Waals surface area contributed by atoms with Crippen molar-refractivity contribution in [3.63, 3.8) is 0 Å². The first kappa shape index (κ1) is 10.6. The monoisotopic (exact) mass is 230 g/mol. The van der Waals surface area contributed by atoms with Crippen LogP contribution in [0, 0.1) is 0 Å². The molecule has 17 heavy (non-hydrogen) atoms. The fourth-order valence-electron chi connectivity index (χ4n) is 2.75. The lowest BCUT2D eigenvalue weighted by Gasteiger charge is -2.20. The van der Waals surface area contributed by atoms with Crippen LogP contribution in [0.3, 0.4) is 0 Å². The van der Waals surface area contributed by atoms with Gasteiger partial charge in [-0.2, -0.15) is 0 Å². The lowest BCUT2D eigenvalue weighted by atomic mass is 10.1. The van der Waals surface area contributed by atoms with Gasteiger partial charge in [0.1, 0.15) is 0 Å². The topological polar surface area (TPSA) is 46.6 Å². The summed E-state index contributed by atoms with van der Waals surface area (Å²) in [4.78, 5) is 7.17. The number of pyridine rings is 1. The number of aromatic nitrogens is 2. The summed E-state index contributed by atoms with van der Waals surface area (Å²) in [6, 6.07) is 4.33. The van der Waals surface area contributed by atoms with E-state index < -0.39 is 0 Å². The van der Waals surface area contributed by atoms with Crippen LogP contribution >= 0.6 is 0 Å². The first-order chi connectivity index (χ1) is 8.29. The Morgan fingerprint density at radius 2 is 2.41 bits per heavy atom. The van der Waals surface area contributed by atoms with E-state index in [0.29, 0.717) is 6.04 Å². The van der Waals surface area contributed by atoms with Crippen molar-refractivity contribution in [2.45, 2.75) is 25.8 Å². The first-order valence-electron chi connectivity index (χ1n) is 6.26. The Bertz CT molecular complexity index is 531. The lowest BCUT2D eigenvalue weighted by Crippen LogP contribution is -2.22. The minimum atomic E-state index is 0.472. The van der Waals surface area contributed by atoms with E-state index in [1.165, 1.54) is 19.4 Å². The molecule has 2 aromatic rings. The molecular weight excluding hydrogens is 212 g/mol. The largest absolute Gasteiger partial charge is 0.396 e. The highest BCUT2D eigenvalue weighted by atomic mass is 15.2. The molecule has 4 heteroatoms. The van der Waals surface area contributed by atoms with Gasteiger partial charge in [-0.1, -0.05) is 6.92 Å². The summed E-state index contributed by atoms with van der Waals surface area (Å²) in [7, 11) is 0. The van der Waals surface area contributed by atoms with Crippen molar-refractivity contribution < 1.29 is 0 Å². The van der Waals surface area contributed by atoms with Gasteiger partial charge in [-0.15, -0.1) is 0 Å². The van der Waals surface area contributed by atoms with Crippen LogP contribution in [0.4, 0.5) is 5.69 Å². The average molecular weight is 230 g/mol. The molecule has 1 unspecified atom stereocenters. The zero-order valence-corrected chi connectivity index (χ0v) is 10.1. The van der Waals surface area contributed by atoms with Gasteiger partial charge < -0.3 is 10.1 Å². The molecule has 1 aliphatic rings. The van der Waals surface area contributed by atoms with E-state index >= 15 is 0 Å². The molecule has 1 saturated heterocycles. The van der Waals surface area contributed by atoms with E-state index in [-0.39, 0.29) is 0 Å². The highest BCUT2D eigenvalue weighted by Crippen LogP contribution is 2.31. The SMILES string of the molecule is CCN1CCCC1c1cn2cccc(N)c2n1. The fourth-order valence-corrected chi connectivity index (χ4v) is 2.75. The number of fused-ring (bicyclic) bond motifs is 1. The quantitative estimate of drug-likeness (QED) is 0.859. The fraction of sp³-hybridized carbons (Fsp3) is 0.462. The summed E-state index contributed by atoms with van der Waals surface area (Å²) >= 11 is 0. The number of nitrogen functional groups attached to an aromatic ring is 1. The number of hydrogen-bond acceptors (Lipinski definition) is 3. The number of rotatable bonds is 2. The molecule has 1 fully saturated rings. The normalized spacial score (nSPS) is 21.4. The van der Waals surface area contributed by atoms with Crippen molar-refractivity contribution in [1.29, 1.82) is 0 Å². The molecular formula is C13H18N4. The predicted octanol–water partition coefficient (Wildman–Crippen LogP) is 2.07. The molecule has 0 aliphatic carbocycles. The van der Waals surface area contributed by atoms with E-state index in [0.717, 1.165) is 23.6 Å². The van der Waals surface area contributed by atoms with Crippen LogP contribution in [0.25, 0.3) is 5.65 Å². The Balaban J connectivity index is 2.03. The van der Waals surface area contributed by atoms with Gasteiger partial charge in [-0.3, -0.25) is 4.90 Å². The molecule has 3 heterocycles. The molecule has 0 aromatic carbocycles. The molecule has 4 nitrogen and oxygen atoms in total. The first-order valence-corrected chi connectivity index (χ1v) is 6.26. The van der Waals surface area contributed by atoms with Gasteiger partial charge >= 0.3 is 0 Å². The molecule has 1 atom stereocenters. The molecule has 0 radical (unpaired) electrons. The number of hydrogen-bond donors (Lipinski definition) is 1. The second kappa shape index (κ2) is 4.04. The van der Waals surface area contributed by atoms with Crippen molar-refractivity contribution in [3.05, 3.63) is 30.2 Å². The van der Waals surface area contributed by atoms with Crippen LogP contribution in [0.15, 0.2) is 24.5 Å². The number of nitrogens with two attached hydrogens (primary N) is 1. The Kier molecular flexibility index (Phi) is 2.52. The van der Waals surface area contributed by atoms with Gasteiger partial charge in [-0.25, -0.2) is 4.98 Å². The Morgan fingerprint density at radius 3 is 3.18 bits per heavy atom. The van der Waals surface area contributed by atoms with Gasteiger partial charge in [0.25, 0.3) is 0 Å². The van der Waals surface area contributed by atoms with Gasteiger partial charge in [-0.05, 0) is 38.1 Å². The lowest BCUT2D eigenvalue weighted by molar-refractivity contribution is 0.268. The third-order valence-electron chi connectivity index (χ3n) is 3.64. The zero-order chi connectivity index (χ0) is 11.8. The van der Waals surface area contributed by atoms with E-state index in [1.54, 1.807) is 0 Å². The number of imidazole rings is 1. The van der Waals surface area contributed by atoms with Gasteiger partial charge in [0.2, 0.25) is 0 Å². The molecule has 1 aliphatic heterocycles.